The number of phenolic OH excluding ortho intramolecular Hbond substituents is 1. The van der Waals surface area contributed by atoms with E-state index < -0.39 is 35.2 Å². The topological polar surface area (TPSA) is 162 Å². The molecule has 1 rings (SSSR count). The van der Waals surface area contributed by atoms with Gasteiger partial charge >= 0.3 is 12.1 Å². The van der Waals surface area contributed by atoms with Gasteiger partial charge in [-0.1, -0.05) is 13.0 Å². The van der Waals surface area contributed by atoms with Crippen LogP contribution in [0.25, 0.3) is 0 Å². The van der Waals surface area contributed by atoms with Crippen LogP contribution in [0.3, 0.4) is 0 Å². The number of hydrogen-bond donors (Lipinski definition) is 4. The van der Waals surface area contributed by atoms with E-state index in [9.17, 15) is 24.3 Å². The van der Waals surface area contributed by atoms with E-state index >= 15 is 0 Å². The third kappa shape index (κ3) is 17.7. The van der Waals surface area contributed by atoms with E-state index in [1.807, 2.05) is 5.92 Å². The summed E-state index contributed by atoms with van der Waals surface area (Å²) in [6.07, 6.45) is 4.93. The van der Waals surface area contributed by atoms with Gasteiger partial charge in [-0.05, 0) is 78.0 Å². The van der Waals surface area contributed by atoms with Crippen molar-refractivity contribution in [1.29, 1.82) is 0 Å². The van der Waals surface area contributed by atoms with Gasteiger partial charge in [0.15, 0.2) is 0 Å². The molecule has 0 saturated heterocycles. The molecular weight excluding hydrogens is 558 g/mol. The molecule has 0 fully saturated rings. The van der Waals surface area contributed by atoms with E-state index in [2.05, 4.69) is 16.0 Å². The van der Waals surface area contributed by atoms with Crippen LogP contribution in [0, 0.1) is 18.3 Å². The number of ether oxygens (including phenoxy) is 4. The first kappa shape index (κ1) is 37.2. The van der Waals surface area contributed by atoms with Crippen molar-refractivity contribution in [2.24, 2.45) is 5.92 Å². The van der Waals surface area contributed by atoms with Crippen LogP contribution in [0.5, 0.6) is 5.75 Å². The number of aromatic hydroxyl groups is 1. The predicted molar refractivity (Wildman–Crippen MR) is 161 cm³/mol. The van der Waals surface area contributed by atoms with Gasteiger partial charge in [0.1, 0.15) is 17.0 Å². The van der Waals surface area contributed by atoms with Gasteiger partial charge in [0.05, 0.1) is 44.5 Å². The van der Waals surface area contributed by atoms with E-state index in [-0.39, 0.29) is 69.1 Å². The molecule has 43 heavy (non-hydrogen) atoms. The number of benzene rings is 1. The van der Waals surface area contributed by atoms with Crippen LogP contribution >= 0.6 is 0 Å². The Morgan fingerprint density at radius 3 is 2.19 bits per heavy atom. The standard InChI is InChI=1S/C31H47N3O9/c1-9-26(36)32-13-15-41-17-16-40-14-12-27(37)34-24-20-22(10-11-25(24)35)19-23(33-29(39)43-31(6,7)8)18-21(2)28(38)42-30(3,4)5/h1,10-11,20-21,23,35H,12-19H2,2-8H3,(H,32,36)(H,33,39)(H,34,37)/t21-,23-/m1/s1. The molecule has 0 unspecified atom stereocenters. The van der Waals surface area contributed by atoms with E-state index in [1.54, 1.807) is 60.6 Å². The lowest BCUT2D eigenvalue weighted by Crippen LogP contribution is -2.42. The van der Waals surface area contributed by atoms with Crippen LogP contribution in [-0.2, 0) is 39.8 Å². The number of terminal acetylenes is 1. The average molecular weight is 606 g/mol. The highest BCUT2D eigenvalue weighted by atomic mass is 16.6. The van der Waals surface area contributed by atoms with Gasteiger partial charge in [-0.2, -0.15) is 0 Å². The summed E-state index contributed by atoms with van der Waals surface area (Å²) in [4.78, 5) is 48.6. The molecule has 0 radical (unpaired) electrons. The zero-order valence-corrected chi connectivity index (χ0v) is 26.3. The van der Waals surface area contributed by atoms with Gasteiger partial charge in [0, 0.05) is 12.6 Å². The number of carbonyl (C=O) groups is 4. The summed E-state index contributed by atoms with van der Waals surface area (Å²) in [6.45, 7) is 13.6. The summed E-state index contributed by atoms with van der Waals surface area (Å²) in [5.41, 5.74) is -0.446. The lowest BCUT2D eigenvalue weighted by atomic mass is 9.95. The lowest BCUT2D eigenvalue weighted by Gasteiger charge is -2.27. The molecule has 0 heterocycles. The van der Waals surface area contributed by atoms with Crippen LogP contribution in [0.15, 0.2) is 18.2 Å². The van der Waals surface area contributed by atoms with Crippen molar-refractivity contribution in [2.75, 3.05) is 38.3 Å². The number of hydrogen-bond acceptors (Lipinski definition) is 9. The molecule has 3 amide bonds. The molecule has 0 aliphatic rings. The Bertz CT molecular complexity index is 1120. The van der Waals surface area contributed by atoms with Gasteiger partial charge in [-0.15, -0.1) is 6.42 Å². The summed E-state index contributed by atoms with van der Waals surface area (Å²) >= 11 is 0. The van der Waals surface area contributed by atoms with E-state index in [0.717, 1.165) is 0 Å². The van der Waals surface area contributed by atoms with E-state index in [1.165, 1.54) is 6.07 Å². The Hall–Kier alpha value is -3.82. The Morgan fingerprint density at radius 1 is 0.953 bits per heavy atom. The Balaban J connectivity index is 2.73. The second-order valence-electron chi connectivity index (χ2n) is 12.0. The normalized spacial score (nSPS) is 12.8. The second-order valence-corrected chi connectivity index (χ2v) is 12.0. The third-order valence-electron chi connectivity index (χ3n) is 5.49. The van der Waals surface area contributed by atoms with Crippen molar-refractivity contribution in [1.82, 2.24) is 10.6 Å². The molecule has 1 aromatic carbocycles. The molecule has 0 aliphatic carbocycles. The first-order valence-electron chi connectivity index (χ1n) is 14.2. The molecule has 12 nitrogen and oxygen atoms in total. The van der Waals surface area contributed by atoms with Crippen molar-refractivity contribution in [3.63, 3.8) is 0 Å². The highest BCUT2D eigenvalue weighted by Crippen LogP contribution is 2.26. The number of nitrogens with one attached hydrogen (secondary N) is 3. The van der Waals surface area contributed by atoms with Gasteiger partial charge in [-0.25, -0.2) is 4.79 Å². The Morgan fingerprint density at radius 2 is 1.58 bits per heavy atom. The van der Waals surface area contributed by atoms with Crippen LogP contribution in [0.2, 0.25) is 0 Å². The van der Waals surface area contributed by atoms with Gasteiger partial charge < -0.3 is 40.0 Å². The minimum absolute atomic E-state index is 0.0398. The van der Waals surface area contributed by atoms with Gasteiger partial charge in [-0.3, -0.25) is 14.4 Å². The molecule has 0 aromatic heterocycles. The number of carbonyl (C=O) groups excluding carboxylic acids is 4. The molecule has 2 atom stereocenters. The Labute approximate surface area is 254 Å². The van der Waals surface area contributed by atoms with E-state index in [4.69, 9.17) is 25.4 Å². The van der Waals surface area contributed by atoms with Crippen molar-refractivity contribution in [3.8, 4) is 18.1 Å². The SMILES string of the molecule is C#CC(=O)NCCOCCOCCC(=O)Nc1cc(C[C@@H](C[C@@H](C)C(=O)OC(C)(C)C)NC(=O)OC(C)(C)C)ccc1O. The first-order chi connectivity index (χ1) is 20.0. The summed E-state index contributed by atoms with van der Waals surface area (Å²) in [5.74, 6) is 0.0358. The minimum Gasteiger partial charge on any atom is -0.506 e. The van der Waals surface area contributed by atoms with Crippen LogP contribution < -0.4 is 16.0 Å². The highest BCUT2D eigenvalue weighted by Gasteiger charge is 2.27. The lowest BCUT2D eigenvalue weighted by molar-refractivity contribution is -0.159. The van der Waals surface area contributed by atoms with Crippen LogP contribution in [0.4, 0.5) is 10.5 Å². The molecule has 0 bridgehead atoms. The van der Waals surface area contributed by atoms with Crippen molar-refractivity contribution < 1.29 is 43.2 Å². The highest BCUT2D eigenvalue weighted by molar-refractivity contribution is 5.93. The molecule has 12 heteroatoms. The average Bonchev–Trinajstić information content (AvgIpc) is 2.87. The molecule has 4 N–H and O–H groups in total. The number of anilines is 1. The molecule has 0 spiro atoms. The number of phenols is 1. The summed E-state index contributed by atoms with van der Waals surface area (Å²) in [5, 5.41) is 18.3. The van der Waals surface area contributed by atoms with Crippen molar-refractivity contribution in [3.05, 3.63) is 23.8 Å². The second kappa shape index (κ2) is 18.0. The summed E-state index contributed by atoms with van der Waals surface area (Å²) in [7, 11) is 0. The maximum Gasteiger partial charge on any atom is 0.407 e. The van der Waals surface area contributed by atoms with Gasteiger partial charge in [0.25, 0.3) is 5.91 Å². The maximum absolute atomic E-state index is 12.6. The van der Waals surface area contributed by atoms with E-state index in [0.29, 0.717) is 12.0 Å². The maximum atomic E-state index is 12.6. The number of amides is 3. The predicted octanol–water partition coefficient (Wildman–Crippen LogP) is 3.31. The molecule has 0 aliphatic heterocycles. The summed E-state index contributed by atoms with van der Waals surface area (Å²) in [6, 6.07) is 4.23. The fourth-order valence-electron chi connectivity index (χ4n) is 3.67. The van der Waals surface area contributed by atoms with Crippen molar-refractivity contribution >= 4 is 29.6 Å². The molecule has 0 saturated carbocycles. The largest absolute Gasteiger partial charge is 0.506 e. The number of alkyl carbamates (subject to hydrolysis) is 1. The minimum atomic E-state index is -0.709. The third-order valence-corrected chi connectivity index (χ3v) is 5.49. The zero-order valence-electron chi connectivity index (χ0n) is 26.3. The van der Waals surface area contributed by atoms with Crippen molar-refractivity contribution in [2.45, 2.75) is 85.0 Å². The quantitative estimate of drug-likeness (QED) is 0.0959. The number of esters is 1. The molecular formula is C31H47N3O9. The molecule has 1 aromatic rings. The zero-order chi connectivity index (χ0) is 32.6. The summed E-state index contributed by atoms with van der Waals surface area (Å²) < 4.78 is 21.6. The van der Waals surface area contributed by atoms with Gasteiger partial charge in [0.2, 0.25) is 5.91 Å². The monoisotopic (exact) mass is 605 g/mol. The fraction of sp³-hybridized carbons (Fsp3) is 0.613. The van der Waals surface area contributed by atoms with Crippen LogP contribution in [0.1, 0.15) is 66.9 Å². The smallest absolute Gasteiger partial charge is 0.407 e. The van der Waals surface area contributed by atoms with Crippen LogP contribution in [-0.4, -0.2) is 79.2 Å². The fourth-order valence-corrected chi connectivity index (χ4v) is 3.67. The molecule has 240 valence electrons. The Kier molecular flexibility index (Phi) is 15.6. The number of rotatable bonds is 16. The first-order valence-corrected chi connectivity index (χ1v) is 14.2.